The molecule has 1 aromatic carbocycles. The molecule has 0 aliphatic carbocycles. The molecule has 4 rings (SSSR count). The summed E-state index contributed by atoms with van der Waals surface area (Å²) in [6.07, 6.45) is 3.01. The minimum Gasteiger partial charge on any atom is -0.467 e. The van der Waals surface area contributed by atoms with Gasteiger partial charge in [0.1, 0.15) is 18.1 Å². The van der Waals surface area contributed by atoms with Gasteiger partial charge in [0.15, 0.2) is 0 Å². The van der Waals surface area contributed by atoms with Gasteiger partial charge >= 0.3 is 5.97 Å². The van der Waals surface area contributed by atoms with E-state index in [2.05, 4.69) is 15.4 Å². The van der Waals surface area contributed by atoms with Gasteiger partial charge in [0, 0.05) is 0 Å². The first kappa shape index (κ1) is 15.2. The lowest BCUT2D eigenvalue weighted by molar-refractivity contribution is -0.139. The van der Waals surface area contributed by atoms with Crippen molar-refractivity contribution < 1.29 is 13.9 Å². The Kier molecular flexibility index (Phi) is 3.81. The van der Waals surface area contributed by atoms with Gasteiger partial charge in [-0.2, -0.15) is 10.1 Å². The average molecular weight is 336 g/mol. The number of esters is 1. The van der Waals surface area contributed by atoms with Crippen molar-refractivity contribution in [1.29, 1.82) is 0 Å². The molecule has 1 aliphatic heterocycles. The minimum atomic E-state index is -0.553. The van der Waals surface area contributed by atoms with Gasteiger partial charge in [-0.15, -0.1) is 0 Å². The van der Waals surface area contributed by atoms with Crippen molar-refractivity contribution in [2.45, 2.75) is 13.0 Å². The van der Waals surface area contributed by atoms with Crippen molar-refractivity contribution in [3.63, 3.8) is 0 Å². The van der Waals surface area contributed by atoms with E-state index in [1.54, 1.807) is 23.9 Å². The highest BCUT2D eigenvalue weighted by Crippen LogP contribution is 2.38. The Morgan fingerprint density at radius 2 is 2.12 bits per heavy atom. The zero-order chi connectivity index (χ0) is 17.2. The first-order chi connectivity index (χ1) is 12.3. The van der Waals surface area contributed by atoms with E-state index < -0.39 is 12.0 Å². The molecule has 0 unspecified atom stereocenters. The third-order valence-electron chi connectivity index (χ3n) is 3.97. The molecule has 0 spiro atoms. The second-order valence-corrected chi connectivity index (χ2v) is 5.45. The molecule has 7 heteroatoms. The predicted molar refractivity (Wildman–Crippen MR) is 90.5 cm³/mol. The molecule has 0 saturated carbocycles. The number of ether oxygens (including phenoxy) is 1. The van der Waals surface area contributed by atoms with Crippen LogP contribution in [0.5, 0.6) is 0 Å². The summed E-state index contributed by atoms with van der Waals surface area (Å²) in [6, 6.07) is 12.6. The molecule has 1 N–H and O–H groups in total. The van der Waals surface area contributed by atoms with Crippen molar-refractivity contribution in [2.75, 3.05) is 11.9 Å². The van der Waals surface area contributed by atoms with Crippen LogP contribution in [-0.4, -0.2) is 27.3 Å². The van der Waals surface area contributed by atoms with Crippen molar-refractivity contribution in [3.05, 3.63) is 72.0 Å². The summed E-state index contributed by atoms with van der Waals surface area (Å²) in [5.74, 6) is 0.703. The molecule has 0 radical (unpaired) electrons. The molecule has 3 heterocycles. The normalized spacial score (nSPS) is 16.3. The highest BCUT2D eigenvalue weighted by molar-refractivity contribution is 6.02. The maximum atomic E-state index is 12.8. The van der Waals surface area contributed by atoms with Gasteiger partial charge in [0.25, 0.3) is 0 Å². The van der Waals surface area contributed by atoms with Crippen LogP contribution in [0.3, 0.4) is 0 Å². The van der Waals surface area contributed by atoms with E-state index in [4.69, 9.17) is 9.15 Å². The summed E-state index contributed by atoms with van der Waals surface area (Å²) >= 11 is 0. The maximum Gasteiger partial charge on any atom is 0.338 e. The second kappa shape index (κ2) is 6.27. The number of carbonyl (C=O) groups excluding carboxylic acids is 1. The number of nitrogens with zero attached hydrogens (tertiary/aromatic N) is 3. The minimum absolute atomic E-state index is 0.277. The van der Waals surface area contributed by atoms with E-state index in [1.165, 1.54) is 6.33 Å². The summed E-state index contributed by atoms with van der Waals surface area (Å²) in [6.45, 7) is 2.05. The average Bonchev–Trinajstić information content (AvgIpc) is 3.32. The smallest absolute Gasteiger partial charge is 0.338 e. The molecule has 2 aromatic heterocycles. The molecule has 1 aliphatic rings. The number of rotatable bonds is 4. The highest BCUT2D eigenvalue weighted by atomic mass is 16.5. The molecular weight excluding hydrogens is 320 g/mol. The van der Waals surface area contributed by atoms with Gasteiger partial charge in [-0.25, -0.2) is 9.48 Å². The van der Waals surface area contributed by atoms with Gasteiger partial charge in [-0.1, -0.05) is 30.3 Å². The molecule has 3 aromatic rings. The second-order valence-electron chi connectivity index (χ2n) is 5.45. The Morgan fingerprint density at radius 3 is 2.84 bits per heavy atom. The van der Waals surface area contributed by atoms with Crippen molar-refractivity contribution in [3.8, 4) is 0 Å². The quantitative estimate of drug-likeness (QED) is 0.738. The standard InChI is InChI=1S/C18H16N4O3/c1-2-24-17(23)14-15(12-7-4-3-5-8-12)21-18-19-11-20-22(18)16(14)13-9-6-10-25-13/h3-11,16H,2H2,1H3,(H,19,20,21)/t16-/m1/s1. The molecule has 0 amide bonds. The van der Waals surface area contributed by atoms with Gasteiger partial charge in [-0.05, 0) is 24.6 Å². The molecular formula is C18H16N4O3. The topological polar surface area (TPSA) is 82.2 Å². The van der Waals surface area contributed by atoms with Crippen molar-refractivity contribution in [1.82, 2.24) is 14.8 Å². The lowest BCUT2D eigenvalue weighted by Gasteiger charge is -2.28. The first-order valence-electron chi connectivity index (χ1n) is 7.96. The Hall–Kier alpha value is -3.35. The van der Waals surface area contributed by atoms with E-state index in [0.717, 1.165) is 5.56 Å². The Bertz CT molecular complexity index is 913. The van der Waals surface area contributed by atoms with Crippen LogP contribution < -0.4 is 5.32 Å². The number of hydrogen-bond acceptors (Lipinski definition) is 6. The maximum absolute atomic E-state index is 12.8. The zero-order valence-corrected chi connectivity index (χ0v) is 13.5. The van der Waals surface area contributed by atoms with E-state index in [9.17, 15) is 4.79 Å². The molecule has 1 atom stereocenters. The third kappa shape index (κ3) is 2.59. The van der Waals surface area contributed by atoms with Gasteiger partial charge < -0.3 is 14.5 Å². The Labute approximate surface area is 143 Å². The summed E-state index contributed by atoms with van der Waals surface area (Å²) < 4.78 is 12.5. The first-order valence-corrected chi connectivity index (χ1v) is 7.96. The number of nitrogens with one attached hydrogen (secondary N) is 1. The largest absolute Gasteiger partial charge is 0.467 e. The molecule has 0 fully saturated rings. The van der Waals surface area contributed by atoms with Crippen LogP contribution in [0, 0.1) is 0 Å². The predicted octanol–water partition coefficient (Wildman–Crippen LogP) is 2.86. The molecule has 0 bridgehead atoms. The summed E-state index contributed by atoms with van der Waals surface area (Å²) in [5.41, 5.74) is 1.93. The lowest BCUT2D eigenvalue weighted by atomic mass is 9.96. The Morgan fingerprint density at radius 1 is 1.28 bits per heavy atom. The van der Waals surface area contributed by atoms with Gasteiger partial charge in [-0.3, -0.25) is 0 Å². The van der Waals surface area contributed by atoms with Crippen LogP contribution in [0.15, 0.2) is 65.0 Å². The highest BCUT2D eigenvalue weighted by Gasteiger charge is 2.37. The van der Waals surface area contributed by atoms with Crippen LogP contribution in [0.1, 0.15) is 24.3 Å². The van der Waals surface area contributed by atoms with E-state index in [1.807, 2.05) is 36.4 Å². The van der Waals surface area contributed by atoms with E-state index in [0.29, 0.717) is 23.0 Å². The SMILES string of the molecule is CCOC(=O)C1=C(c2ccccc2)Nc2ncnn2[C@@H]1c1ccco1. The number of furan rings is 1. The van der Waals surface area contributed by atoms with Crippen LogP contribution in [0.2, 0.25) is 0 Å². The van der Waals surface area contributed by atoms with Crippen molar-refractivity contribution in [2.24, 2.45) is 0 Å². The number of carbonyl (C=O) groups is 1. The number of hydrogen-bond donors (Lipinski definition) is 1. The fraction of sp³-hybridized carbons (Fsp3) is 0.167. The molecule has 126 valence electrons. The lowest BCUT2D eigenvalue weighted by Crippen LogP contribution is -2.29. The van der Waals surface area contributed by atoms with Gasteiger partial charge in [0.05, 0.1) is 24.1 Å². The fourth-order valence-corrected chi connectivity index (χ4v) is 2.93. The third-order valence-corrected chi connectivity index (χ3v) is 3.97. The number of fused-ring (bicyclic) bond motifs is 1. The van der Waals surface area contributed by atoms with Gasteiger partial charge in [0.2, 0.25) is 5.95 Å². The van der Waals surface area contributed by atoms with Crippen LogP contribution >= 0.6 is 0 Å². The summed E-state index contributed by atoms with van der Waals surface area (Å²) in [5, 5.41) is 7.46. The number of benzene rings is 1. The molecule has 25 heavy (non-hydrogen) atoms. The zero-order valence-electron chi connectivity index (χ0n) is 13.5. The van der Waals surface area contributed by atoms with Crippen LogP contribution in [0.4, 0.5) is 5.95 Å². The number of anilines is 1. The summed E-state index contributed by atoms with van der Waals surface area (Å²) in [4.78, 5) is 17.0. The Balaban J connectivity index is 1.95. The molecule has 0 saturated heterocycles. The summed E-state index contributed by atoms with van der Waals surface area (Å²) in [7, 11) is 0. The monoisotopic (exact) mass is 336 g/mol. The number of aromatic nitrogens is 3. The fourth-order valence-electron chi connectivity index (χ4n) is 2.93. The molecule has 7 nitrogen and oxygen atoms in total. The van der Waals surface area contributed by atoms with Crippen LogP contribution in [0.25, 0.3) is 5.70 Å². The van der Waals surface area contributed by atoms with Crippen molar-refractivity contribution >= 4 is 17.6 Å². The van der Waals surface area contributed by atoms with E-state index in [-0.39, 0.29) is 6.61 Å². The van der Waals surface area contributed by atoms with Crippen LogP contribution in [-0.2, 0) is 9.53 Å². The van der Waals surface area contributed by atoms with E-state index >= 15 is 0 Å².